The van der Waals surface area contributed by atoms with E-state index in [9.17, 15) is 0 Å². The molecule has 0 aliphatic heterocycles. The fourth-order valence-electron chi connectivity index (χ4n) is 1.87. The molecule has 0 bridgehead atoms. The summed E-state index contributed by atoms with van der Waals surface area (Å²) >= 11 is 6.22. The normalized spacial score (nSPS) is 10.4. The van der Waals surface area contributed by atoms with Crippen LogP contribution < -0.4 is 15.2 Å². The van der Waals surface area contributed by atoms with E-state index in [0.29, 0.717) is 29.7 Å². The van der Waals surface area contributed by atoms with Crippen molar-refractivity contribution in [2.75, 3.05) is 7.11 Å². The van der Waals surface area contributed by atoms with Gasteiger partial charge >= 0.3 is 0 Å². The largest absolute Gasteiger partial charge is 0.493 e. The van der Waals surface area contributed by atoms with Gasteiger partial charge in [0.15, 0.2) is 11.5 Å². The molecule has 106 valence electrons. The Hall–Kier alpha value is -1.71. The third-order valence-electron chi connectivity index (χ3n) is 3.03. The van der Waals surface area contributed by atoms with Gasteiger partial charge in [-0.3, -0.25) is 0 Å². The Balaban J connectivity index is 2.18. The summed E-state index contributed by atoms with van der Waals surface area (Å²) in [5.41, 5.74) is 8.83. The van der Waals surface area contributed by atoms with Gasteiger partial charge in [0.2, 0.25) is 0 Å². The van der Waals surface area contributed by atoms with Gasteiger partial charge in [0.1, 0.15) is 6.61 Å². The van der Waals surface area contributed by atoms with Crippen molar-refractivity contribution in [1.82, 2.24) is 0 Å². The van der Waals surface area contributed by atoms with Gasteiger partial charge in [0, 0.05) is 6.54 Å². The number of ether oxygens (including phenoxy) is 2. The predicted octanol–water partition coefficient (Wildman–Crippen LogP) is 3.69. The number of hydrogen-bond donors (Lipinski definition) is 1. The first kappa shape index (κ1) is 14.7. The maximum atomic E-state index is 6.22. The van der Waals surface area contributed by atoms with E-state index in [-0.39, 0.29) is 0 Å². The van der Waals surface area contributed by atoms with E-state index >= 15 is 0 Å². The number of hydrogen-bond acceptors (Lipinski definition) is 3. The molecule has 0 radical (unpaired) electrons. The van der Waals surface area contributed by atoms with Crippen LogP contribution in [0.5, 0.6) is 11.5 Å². The van der Waals surface area contributed by atoms with E-state index in [1.807, 2.05) is 18.2 Å². The summed E-state index contributed by atoms with van der Waals surface area (Å²) < 4.78 is 11.1. The van der Waals surface area contributed by atoms with Crippen LogP contribution in [0.25, 0.3) is 0 Å². The first-order valence-electron chi connectivity index (χ1n) is 6.39. The molecular weight excluding hydrogens is 274 g/mol. The van der Waals surface area contributed by atoms with E-state index in [1.54, 1.807) is 13.2 Å². The van der Waals surface area contributed by atoms with E-state index in [4.69, 9.17) is 26.8 Å². The fourth-order valence-corrected chi connectivity index (χ4v) is 2.16. The maximum Gasteiger partial charge on any atom is 0.180 e. The Labute approximate surface area is 124 Å². The van der Waals surface area contributed by atoms with Gasteiger partial charge < -0.3 is 15.2 Å². The van der Waals surface area contributed by atoms with Crippen molar-refractivity contribution >= 4 is 11.6 Å². The molecule has 0 fully saturated rings. The minimum Gasteiger partial charge on any atom is -0.493 e. The number of halogens is 1. The Morgan fingerprint density at radius 1 is 1.10 bits per heavy atom. The van der Waals surface area contributed by atoms with Crippen LogP contribution in [-0.4, -0.2) is 7.11 Å². The molecule has 20 heavy (non-hydrogen) atoms. The summed E-state index contributed by atoms with van der Waals surface area (Å²) in [5, 5.41) is 0.511. The molecule has 3 nitrogen and oxygen atoms in total. The van der Waals surface area contributed by atoms with Crippen molar-refractivity contribution in [2.45, 2.75) is 20.1 Å². The Bertz CT molecular complexity index is 582. The molecule has 0 aliphatic rings. The zero-order valence-corrected chi connectivity index (χ0v) is 12.4. The van der Waals surface area contributed by atoms with Gasteiger partial charge in [0.25, 0.3) is 0 Å². The van der Waals surface area contributed by atoms with Crippen molar-refractivity contribution in [1.29, 1.82) is 0 Å². The average Bonchev–Trinajstić information content (AvgIpc) is 2.47. The SMILES string of the molecule is COc1cc(CN)cc(Cl)c1OCc1ccc(C)cc1. The van der Waals surface area contributed by atoms with Gasteiger partial charge in [-0.15, -0.1) is 0 Å². The molecular formula is C16H18ClNO2. The summed E-state index contributed by atoms with van der Waals surface area (Å²) in [5.74, 6) is 1.15. The highest BCUT2D eigenvalue weighted by Gasteiger charge is 2.11. The second-order valence-corrected chi connectivity index (χ2v) is 4.99. The molecule has 4 heteroatoms. The smallest absolute Gasteiger partial charge is 0.180 e. The average molecular weight is 292 g/mol. The molecule has 2 aromatic rings. The molecule has 0 saturated carbocycles. The lowest BCUT2D eigenvalue weighted by Crippen LogP contribution is -2.01. The van der Waals surface area contributed by atoms with E-state index in [0.717, 1.165) is 11.1 Å². The van der Waals surface area contributed by atoms with Crippen molar-refractivity contribution < 1.29 is 9.47 Å². The number of benzene rings is 2. The number of aryl methyl sites for hydroxylation is 1. The monoisotopic (exact) mass is 291 g/mol. The third-order valence-corrected chi connectivity index (χ3v) is 3.31. The first-order valence-corrected chi connectivity index (χ1v) is 6.76. The second-order valence-electron chi connectivity index (χ2n) is 4.59. The standard InChI is InChI=1S/C16H18ClNO2/c1-11-3-5-12(6-4-11)10-20-16-14(17)7-13(9-18)8-15(16)19-2/h3-8H,9-10,18H2,1-2H3. The van der Waals surface area contributed by atoms with E-state index < -0.39 is 0 Å². The van der Waals surface area contributed by atoms with Gasteiger partial charge in [-0.1, -0.05) is 41.4 Å². The molecule has 0 atom stereocenters. The minimum atomic E-state index is 0.411. The number of rotatable bonds is 5. The van der Waals surface area contributed by atoms with Crippen molar-refractivity contribution in [3.8, 4) is 11.5 Å². The maximum absolute atomic E-state index is 6.22. The summed E-state index contributed by atoms with van der Waals surface area (Å²) in [4.78, 5) is 0. The van der Waals surface area contributed by atoms with Crippen LogP contribution in [0, 0.1) is 6.92 Å². The Kier molecular flexibility index (Phi) is 4.88. The quantitative estimate of drug-likeness (QED) is 0.913. The Morgan fingerprint density at radius 3 is 2.40 bits per heavy atom. The van der Waals surface area contributed by atoms with Crippen LogP contribution in [0.1, 0.15) is 16.7 Å². The highest BCUT2D eigenvalue weighted by molar-refractivity contribution is 6.32. The Morgan fingerprint density at radius 2 is 1.80 bits per heavy atom. The molecule has 0 aromatic heterocycles. The third kappa shape index (κ3) is 3.44. The summed E-state index contributed by atoms with van der Waals surface area (Å²) in [6.45, 7) is 2.91. The molecule has 0 unspecified atom stereocenters. The molecule has 0 aliphatic carbocycles. The zero-order chi connectivity index (χ0) is 14.5. The molecule has 0 saturated heterocycles. The van der Waals surface area contributed by atoms with Crippen LogP contribution in [0.4, 0.5) is 0 Å². The number of methoxy groups -OCH3 is 1. The van der Waals surface area contributed by atoms with Crippen LogP contribution in [0.2, 0.25) is 5.02 Å². The highest BCUT2D eigenvalue weighted by Crippen LogP contribution is 2.36. The lowest BCUT2D eigenvalue weighted by molar-refractivity contribution is 0.284. The van der Waals surface area contributed by atoms with Gasteiger partial charge in [-0.25, -0.2) is 0 Å². The summed E-state index contributed by atoms with van der Waals surface area (Å²) in [6.07, 6.45) is 0. The van der Waals surface area contributed by atoms with E-state index in [2.05, 4.69) is 19.1 Å². The molecule has 2 aromatic carbocycles. The van der Waals surface area contributed by atoms with Crippen LogP contribution in [0.15, 0.2) is 36.4 Å². The zero-order valence-electron chi connectivity index (χ0n) is 11.7. The van der Waals surface area contributed by atoms with Crippen molar-refractivity contribution in [2.24, 2.45) is 5.73 Å². The molecule has 2 rings (SSSR count). The fraction of sp³-hybridized carbons (Fsp3) is 0.250. The molecule has 2 N–H and O–H groups in total. The van der Waals surface area contributed by atoms with Gasteiger partial charge in [0.05, 0.1) is 12.1 Å². The number of nitrogens with two attached hydrogens (primary N) is 1. The lowest BCUT2D eigenvalue weighted by atomic mass is 10.1. The lowest BCUT2D eigenvalue weighted by Gasteiger charge is -2.14. The van der Waals surface area contributed by atoms with Crippen LogP contribution in [-0.2, 0) is 13.2 Å². The van der Waals surface area contributed by atoms with Gasteiger partial charge in [-0.05, 0) is 30.2 Å². The van der Waals surface area contributed by atoms with Crippen molar-refractivity contribution in [3.05, 3.63) is 58.1 Å². The second kappa shape index (κ2) is 6.64. The van der Waals surface area contributed by atoms with Crippen LogP contribution >= 0.6 is 11.6 Å². The van der Waals surface area contributed by atoms with Crippen LogP contribution in [0.3, 0.4) is 0 Å². The topological polar surface area (TPSA) is 44.5 Å². The van der Waals surface area contributed by atoms with Crippen molar-refractivity contribution in [3.63, 3.8) is 0 Å². The van der Waals surface area contributed by atoms with Gasteiger partial charge in [-0.2, -0.15) is 0 Å². The first-order chi connectivity index (χ1) is 9.63. The molecule has 0 amide bonds. The van der Waals surface area contributed by atoms with E-state index in [1.165, 1.54) is 5.56 Å². The predicted molar refractivity (Wildman–Crippen MR) is 81.4 cm³/mol. The summed E-state index contributed by atoms with van der Waals surface area (Å²) in [7, 11) is 1.59. The molecule has 0 heterocycles. The summed E-state index contributed by atoms with van der Waals surface area (Å²) in [6, 6.07) is 11.8. The minimum absolute atomic E-state index is 0.411. The molecule has 0 spiro atoms. The highest BCUT2D eigenvalue weighted by atomic mass is 35.5.